The van der Waals surface area contributed by atoms with Crippen LogP contribution in [-0.2, 0) is 20.9 Å². The Bertz CT molecular complexity index is 661. The topological polar surface area (TPSA) is 60.3 Å². The number of methoxy groups -OCH3 is 1. The molecule has 0 aliphatic carbocycles. The lowest BCUT2D eigenvalue weighted by Crippen LogP contribution is -2.39. The van der Waals surface area contributed by atoms with Gasteiger partial charge in [-0.15, -0.1) is 0 Å². The second-order valence-electron chi connectivity index (χ2n) is 5.13. The van der Waals surface area contributed by atoms with Crippen molar-refractivity contribution in [3.8, 4) is 0 Å². The molecule has 1 N–H and O–H groups in total. The van der Waals surface area contributed by atoms with Crippen molar-refractivity contribution in [3.05, 3.63) is 36.0 Å². The van der Waals surface area contributed by atoms with Crippen molar-refractivity contribution >= 4 is 22.8 Å². The molecule has 0 radical (unpaired) electrons. The van der Waals surface area contributed by atoms with Gasteiger partial charge in [0.25, 0.3) is 0 Å². The van der Waals surface area contributed by atoms with E-state index < -0.39 is 12.0 Å². The fourth-order valence-corrected chi connectivity index (χ4v) is 2.29. The molecule has 2 aromatic rings. The van der Waals surface area contributed by atoms with E-state index in [1.165, 1.54) is 18.1 Å². The number of rotatable bonds is 5. The standard InChI is InChI=1S/C16H20N2O3/c1-11-4-5-14-13(10-11)6-8-18(14)9-7-15(19)17-12(2)16(20)21-3/h4-6,8,10,12H,7,9H2,1-3H3,(H,17,19)/t12-/m0/s1. The van der Waals surface area contributed by atoms with Crippen molar-refractivity contribution in [2.45, 2.75) is 32.9 Å². The molecule has 0 unspecified atom stereocenters. The number of nitrogens with one attached hydrogen (secondary N) is 1. The average Bonchev–Trinajstić information content (AvgIpc) is 2.86. The van der Waals surface area contributed by atoms with Crippen molar-refractivity contribution in [2.75, 3.05) is 7.11 Å². The first-order valence-corrected chi connectivity index (χ1v) is 6.94. The van der Waals surface area contributed by atoms with Crippen LogP contribution in [-0.4, -0.2) is 29.6 Å². The first kappa shape index (κ1) is 15.1. The van der Waals surface area contributed by atoms with Gasteiger partial charge in [-0.2, -0.15) is 0 Å². The third-order valence-corrected chi connectivity index (χ3v) is 3.44. The summed E-state index contributed by atoms with van der Waals surface area (Å²) < 4.78 is 6.61. The Labute approximate surface area is 123 Å². The van der Waals surface area contributed by atoms with E-state index in [9.17, 15) is 9.59 Å². The van der Waals surface area contributed by atoms with Crippen LogP contribution in [0.4, 0.5) is 0 Å². The van der Waals surface area contributed by atoms with Crippen LogP contribution in [0.25, 0.3) is 10.9 Å². The number of carbonyl (C=O) groups is 2. The van der Waals surface area contributed by atoms with Crippen LogP contribution in [0, 0.1) is 6.92 Å². The molecule has 1 aromatic carbocycles. The van der Waals surface area contributed by atoms with Crippen LogP contribution < -0.4 is 5.32 Å². The first-order valence-electron chi connectivity index (χ1n) is 6.94. The van der Waals surface area contributed by atoms with Gasteiger partial charge in [0.05, 0.1) is 7.11 Å². The summed E-state index contributed by atoms with van der Waals surface area (Å²) in [6.07, 6.45) is 2.29. The van der Waals surface area contributed by atoms with E-state index in [1.807, 2.05) is 16.8 Å². The van der Waals surface area contributed by atoms with Crippen LogP contribution in [0.5, 0.6) is 0 Å². The van der Waals surface area contributed by atoms with Gasteiger partial charge in [-0.3, -0.25) is 4.79 Å². The third-order valence-electron chi connectivity index (χ3n) is 3.44. The van der Waals surface area contributed by atoms with Crippen molar-refractivity contribution in [1.29, 1.82) is 0 Å². The molecule has 1 amide bonds. The minimum absolute atomic E-state index is 0.165. The highest BCUT2D eigenvalue weighted by Gasteiger charge is 2.15. The lowest BCUT2D eigenvalue weighted by Gasteiger charge is -2.12. The van der Waals surface area contributed by atoms with E-state index >= 15 is 0 Å². The molecule has 5 heteroatoms. The minimum atomic E-state index is -0.619. The van der Waals surface area contributed by atoms with Gasteiger partial charge in [0.2, 0.25) is 5.91 Å². The Balaban J connectivity index is 1.95. The monoisotopic (exact) mass is 288 g/mol. The number of fused-ring (bicyclic) bond motifs is 1. The summed E-state index contributed by atoms with van der Waals surface area (Å²) in [5.74, 6) is -0.605. The Kier molecular flexibility index (Phi) is 4.62. The molecular weight excluding hydrogens is 268 g/mol. The van der Waals surface area contributed by atoms with E-state index in [4.69, 9.17) is 0 Å². The summed E-state index contributed by atoms with van der Waals surface area (Å²) in [6, 6.07) is 7.65. The maximum atomic E-state index is 11.8. The molecule has 1 aromatic heterocycles. The fourth-order valence-electron chi connectivity index (χ4n) is 2.29. The number of aryl methyl sites for hydroxylation is 2. The lowest BCUT2D eigenvalue weighted by molar-refractivity contribution is -0.144. The van der Waals surface area contributed by atoms with E-state index in [0.29, 0.717) is 13.0 Å². The number of amides is 1. The predicted molar refractivity (Wildman–Crippen MR) is 80.9 cm³/mol. The summed E-state index contributed by atoms with van der Waals surface area (Å²) in [7, 11) is 1.30. The van der Waals surface area contributed by atoms with Gasteiger partial charge in [-0.25, -0.2) is 4.79 Å². The van der Waals surface area contributed by atoms with Crippen molar-refractivity contribution < 1.29 is 14.3 Å². The average molecular weight is 288 g/mol. The molecular formula is C16H20N2O3. The Hall–Kier alpha value is -2.30. The number of hydrogen-bond acceptors (Lipinski definition) is 3. The van der Waals surface area contributed by atoms with Gasteiger partial charge in [-0.05, 0) is 37.4 Å². The van der Waals surface area contributed by atoms with E-state index in [1.54, 1.807) is 6.92 Å². The van der Waals surface area contributed by atoms with Crippen LogP contribution in [0.2, 0.25) is 0 Å². The normalized spacial score (nSPS) is 12.1. The van der Waals surface area contributed by atoms with Gasteiger partial charge < -0.3 is 14.6 Å². The molecule has 21 heavy (non-hydrogen) atoms. The molecule has 112 valence electrons. The molecule has 1 heterocycles. The molecule has 5 nitrogen and oxygen atoms in total. The highest BCUT2D eigenvalue weighted by molar-refractivity contribution is 5.84. The third kappa shape index (κ3) is 3.62. The molecule has 0 saturated carbocycles. The number of carbonyl (C=O) groups excluding carboxylic acids is 2. The largest absolute Gasteiger partial charge is 0.467 e. The van der Waals surface area contributed by atoms with Gasteiger partial charge in [-0.1, -0.05) is 11.6 Å². The zero-order valence-electron chi connectivity index (χ0n) is 12.6. The Morgan fingerprint density at radius 2 is 2.10 bits per heavy atom. The van der Waals surface area contributed by atoms with Crippen LogP contribution in [0.1, 0.15) is 18.9 Å². The zero-order chi connectivity index (χ0) is 15.4. The van der Waals surface area contributed by atoms with Gasteiger partial charge in [0, 0.05) is 24.7 Å². The van der Waals surface area contributed by atoms with Crippen LogP contribution in [0.3, 0.4) is 0 Å². The van der Waals surface area contributed by atoms with Crippen LogP contribution in [0.15, 0.2) is 30.5 Å². The number of benzene rings is 1. The summed E-state index contributed by atoms with van der Waals surface area (Å²) in [5.41, 5.74) is 2.32. The summed E-state index contributed by atoms with van der Waals surface area (Å²) in [6.45, 7) is 4.24. The quantitative estimate of drug-likeness (QED) is 0.856. The maximum absolute atomic E-state index is 11.8. The Morgan fingerprint density at radius 1 is 1.33 bits per heavy atom. The first-order chi connectivity index (χ1) is 10.0. The van der Waals surface area contributed by atoms with E-state index in [-0.39, 0.29) is 5.91 Å². The zero-order valence-corrected chi connectivity index (χ0v) is 12.6. The summed E-state index contributed by atoms with van der Waals surface area (Å²) in [4.78, 5) is 23.1. The minimum Gasteiger partial charge on any atom is -0.467 e. The number of aromatic nitrogens is 1. The van der Waals surface area contributed by atoms with E-state index in [2.05, 4.69) is 35.2 Å². The smallest absolute Gasteiger partial charge is 0.328 e. The fraction of sp³-hybridized carbons (Fsp3) is 0.375. The van der Waals surface area contributed by atoms with Gasteiger partial charge in [0.15, 0.2) is 0 Å². The SMILES string of the molecule is COC(=O)[C@H](C)NC(=O)CCn1ccc2cc(C)ccc21. The summed E-state index contributed by atoms with van der Waals surface area (Å²) >= 11 is 0. The van der Waals surface area contributed by atoms with Crippen LogP contribution >= 0.6 is 0 Å². The summed E-state index contributed by atoms with van der Waals surface area (Å²) in [5, 5.41) is 3.79. The second-order valence-corrected chi connectivity index (χ2v) is 5.13. The second kappa shape index (κ2) is 6.43. The molecule has 0 aliphatic heterocycles. The van der Waals surface area contributed by atoms with Crippen molar-refractivity contribution in [2.24, 2.45) is 0 Å². The number of ether oxygens (including phenoxy) is 1. The molecule has 0 fully saturated rings. The van der Waals surface area contributed by atoms with Crippen molar-refractivity contribution in [1.82, 2.24) is 9.88 Å². The molecule has 0 aliphatic rings. The maximum Gasteiger partial charge on any atom is 0.328 e. The highest BCUT2D eigenvalue weighted by Crippen LogP contribution is 2.17. The molecule has 0 bridgehead atoms. The highest BCUT2D eigenvalue weighted by atomic mass is 16.5. The molecule has 2 rings (SSSR count). The van der Waals surface area contributed by atoms with Crippen molar-refractivity contribution in [3.63, 3.8) is 0 Å². The van der Waals surface area contributed by atoms with Gasteiger partial charge in [0.1, 0.15) is 6.04 Å². The van der Waals surface area contributed by atoms with E-state index in [0.717, 1.165) is 5.52 Å². The van der Waals surface area contributed by atoms with Gasteiger partial charge >= 0.3 is 5.97 Å². The molecule has 0 spiro atoms. The number of esters is 1. The Morgan fingerprint density at radius 3 is 2.81 bits per heavy atom. The molecule has 1 atom stereocenters. The molecule has 0 saturated heterocycles. The number of nitrogens with zero attached hydrogens (tertiary/aromatic N) is 1. The number of hydrogen-bond donors (Lipinski definition) is 1. The predicted octanol–water partition coefficient (Wildman–Crippen LogP) is 2.02. The lowest BCUT2D eigenvalue weighted by atomic mass is 10.2.